The highest BCUT2D eigenvalue weighted by Gasteiger charge is 2.77. The van der Waals surface area contributed by atoms with Crippen molar-refractivity contribution in [1.82, 2.24) is 4.90 Å². The minimum Gasteiger partial charge on any atom is -0.467 e. The van der Waals surface area contributed by atoms with Crippen molar-refractivity contribution in [3.8, 4) is 0 Å². The van der Waals surface area contributed by atoms with Gasteiger partial charge >= 0.3 is 12.1 Å². The summed E-state index contributed by atoms with van der Waals surface area (Å²) in [5.74, 6) is -5.42. The van der Waals surface area contributed by atoms with Gasteiger partial charge in [-0.25, -0.2) is 18.0 Å². The molecule has 2 saturated carbocycles. The molecule has 3 fully saturated rings. The van der Waals surface area contributed by atoms with Gasteiger partial charge in [0.2, 0.25) is 11.8 Å². The van der Waals surface area contributed by atoms with Crippen molar-refractivity contribution in [3.05, 3.63) is 0 Å². The monoisotopic (exact) mass is 373 g/mol. The average molecular weight is 373 g/mol. The van der Waals surface area contributed by atoms with E-state index in [-0.39, 0.29) is 0 Å². The lowest BCUT2D eigenvalue weighted by Gasteiger charge is -2.62. The Balaban J connectivity index is 1.84. The minimum atomic E-state index is -4.96. The van der Waals surface area contributed by atoms with E-state index in [0.29, 0.717) is 4.90 Å². The number of carbonyl (C=O) groups is 2. The van der Waals surface area contributed by atoms with Crippen LogP contribution in [0.4, 0.5) is 26.3 Å². The van der Waals surface area contributed by atoms with Crippen molar-refractivity contribution in [3.63, 3.8) is 0 Å². The number of hydrogen-bond donors (Lipinski definition) is 0. The zero-order chi connectivity index (χ0) is 18.8. The van der Waals surface area contributed by atoms with Gasteiger partial charge in [0.25, 0.3) is 0 Å². The summed E-state index contributed by atoms with van der Waals surface area (Å²) in [5.41, 5.74) is -4.04. The largest absolute Gasteiger partial charge is 0.467 e. The molecule has 1 amide bonds. The number of amides is 1. The second-order valence-corrected chi connectivity index (χ2v) is 7.47. The molecule has 0 radical (unpaired) electrons. The van der Waals surface area contributed by atoms with Crippen molar-refractivity contribution in [2.24, 2.45) is 10.8 Å². The van der Waals surface area contributed by atoms with Gasteiger partial charge in [0.1, 0.15) is 17.6 Å². The molecule has 1 heterocycles. The van der Waals surface area contributed by atoms with Crippen LogP contribution in [0.15, 0.2) is 0 Å². The van der Waals surface area contributed by atoms with Gasteiger partial charge in [-0.3, -0.25) is 4.79 Å². The Bertz CT molecular complexity index is 589. The molecule has 0 aromatic heterocycles. The van der Waals surface area contributed by atoms with Crippen LogP contribution in [0.3, 0.4) is 0 Å². The van der Waals surface area contributed by atoms with Gasteiger partial charge in [-0.05, 0) is 18.3 Å². The van der Waals surface area contributed by atoms with Crippen LogP contribution in [-0.4, -0.2) is 54.7 Å². The standard InChI is InChI=1S/C15H17F6NO3/c1-25-10(23)9-2-8(16)3-22(9)11(24)13(15(19,20)21)4-12(5-13)6-14(17,18)7-12/h8-9H,2-7H2,1H3/t8-,9+/m1/s1. The predicted octanol–water partition coefficient (Wildman–Crippen LogP) is 2.86. The van der Waals surface area contributed by atoms with Crippen molar-refractivity contribution < 1.29 is 40.7 Å². The summed E-state index contributed by atoms with van der Waals surface area (Å²) in [7, 11) is 0.991. The maximum absolute atomic E-state index is 13.6. The molecule has 0 bridgehead atoms. The molecule has 10 heteroatoms. The molecule has 2 aliphatic carbocycles. The van der Waals surface area contributed by atoms with Gasteiger partial charge in [-0.15, -0.1) is 0 Å². The molecule has 0 aromatic carbocycles. The zero-order valence-corrected chi connectivity index (χ0v) is 13.3. The molecule has 4 nitrogen and oxygen atoms in total. The summed E-state index contributed by atoms with van der Waals surface area (Å²) in [5, 5.41) is 0. The Morgan fingerprint density at radius 2 is 1.68 bits per heavy atom. The number of hydrogen-bond acceptors (Lipinski definition) is 3. The second-order valence-electron chi connectivity index (χ2n) is 7.47. The average Bonchev–Trinajstić information content (AvgIpc) is 2.80. The summed E-state index contributed by atoms with van der Waals surface area (Å²) < 4.78 is 85.1. The van der Waals surface area contributed by atoms with Crippen LogP contribution >= 0.6 is 0 Å². The number of methoxy groups -OCH3 is 1. The fourth-order valence-corrected chi connectivity index (χ4v) is 4.64. The van der Waals surface area contributed by atoms with Crippen LogP contribution in [0, 0.1) is 10.8 Å². The smallest absolute Gasteiger partial charge is 0.403 e. The predicted molar refractivity (Wildman–Crippen MR) is 71.4 cm³/mol. The third-order valence-corrected chi connectivity index (χ3v) is 5.56. The normalized spacial score (nSPS) is 32.0. The maximum atomic E-state index is 13.6. The number of alkyl halides is 6. The first-order chi connectivity index (χ1) is 11.3. The van der Waals surface area contributed by atoms with Gasteiger partial charge in [0, 0.05) is 19.3 Å². The van der Waals surface area contributed by atoms with Crippen LogP contribution in [0.25, 0.3) is 0 Å². The van der Waals surface area contributed by atoms with E-state index >= 15 is 0 Å². The Hall–Kier alpha value is -1.48. The van der Waals surface area contributed by atoms with Crippen LogP contribution in [0.2, 0.25) is 0 Å². The number of esters is 1. The summed E-state index contributed by atoms with van der Waals surface area (Å²) in [6, 6.07) is -1.42. The van der Waals surface area contributed by atoms with E-state index in [2.05, 4.69) is 4.74 Å². The topological polar surface area (TPSA) is 46.6 Å². The minimum absolute atomic E-state index is 0.435. The third-order valence-electron chi connectivity index (χ3n) is 5.56. The lowest BCUT2D eigenvalue weighted by Crippen LogP contribution is -2.68. The Morgan fingerprint density at radius 3 is 2.12 bits per heavy atom. The second kappa shape index (κ2) is 5.26. The molecule has 142 valence electrons. The summed E-state index contributed by atoms with van der Waals surface area (Å²) in [6.45, 7) is -0.639. The summed E-state index contributed by atoms with van der Waals surface area (Å²) in [4.78, 5) is 24.8. The SMILES string of the molecule is COC(=O)[C@@H]1C[C@@H](F)CN1C(=O)C1(C(F)(F)F)CC2(CC(F)(F)C2)C1. The van der Waals surface area contributed by atoms with E-state index in [1.54, 1.807) is 0 Å². The molecule has 0 unspecified atom stereocenters. The fraction of sp³-hybridized carbons (Fsp3) is 0.867. The Morgan fingerprint density at radius 1 is 1.12 bits per heavy atom. The zero-order valence-electron chi connectivity index (χ0n) is 13.3. The molecular formula is C15H17F6NO3. The highest BCUT2D eigenvalue weighted by atomic mass is 19.4. The van der Waals surface area contributed by atoms with Gasteiger partial charge < -0.3 is 9.64 Å². The summed E-state index contributed by atoms with van der Waals surface area (Å²) >= 11 is 0. The number of rotatable bonds is 2. The Labute approximate surface area is 139 Å². The van der Waals surface area contributed by atoms with Crippen molar-refractivity contribution >= 4 is 11.9 Å². The number of halogens is 6. The molecule has 0 N–H and O–H groups in total. The van der Waals surface area contributed by atoms with Crippen LogP contribution < -0.4 is 0 Å². The van der Waals surface area contributed by atoms with Gasteiger partial charge in [-0.1, -0.05) is 0 Å². The number of carbonyl (C=O) groups excluding carboxylic acids is 2. The summed E-state index contributed by atoms with van der Waals surface area (Å²) in [6.07, 6.45) is -9.90. The molecule has 2 atom stereocenters. The molecule has 1 spiro atoms. The lowest BCUT2D eigenvalue weighted by molar-refractivity contribution is -0.314. The van der Waals surface area contributed by atoms with Crippen molar-refractivity contribution in [2.75, 3.05) is 13.7 Å². The molecule has 1 aliphatic heterocycles. The van der Waals surface area contributed by atoms with Crippen molar-refractivity contribution in [2.45, 2.75) is 56.4 Å². The first kappa shape index (κ1) is 18.3. The van der Waals surface area contributed by atoms with E-state index in [4.69, 9.17) is 0 Å². The van der Waals surface area contributed by atoms with E-state index in [1.807, 2.05) is 0 Å². The molecule has 3 rings (SSSR count). The first-order valence-electron chi connectivity index (χ1n) is 7.82. The fourth-order valence-electron chi connectivity index (χ4n) is 4.64. The van der Waals surface area contributed by atoms with Gasteiger partial charge in [0.05, 0.1) is 13.7 Å². The molecular weight excluding hydrogens is 356 g/mol. The van der Waals surface area contributed by atoms with Gasteiger partial charge in [-0.2, -0.15) is 13.2 Å². The quantitative estimate of drug-likeness (QED) is 0.553. The lowest BCUT2D eigenvalue weighted by atomic mass is 9.43. The number of likely N-dealkylation sites (tertiary alicyclic amines) is 1. The molecule has 25 heavy (non-hydrogen) atoms. The van der Waals surface area contributed by atoms with Crippen molar-refractivity contribution in [1.29, 1.82) is 0 Å². The molecule has 0 aromatic rings. The third kappa shape index (κ3) is 2.68. The first-order valence-corrected chi connectivity index (χ1v) is 7.82. The highest BCUT2D eigenvalue weighted by molar-refractivity contribution is 5.90. The van der Waals surface area contributed by atoms with Gasteiger partial charge in [0.15, 0.2) is 0 Å². The Kier molecular flexibility index (Phi) is 3.85. The van der Waals surface area contributed by atoms with E-state index in [1.165, 1.54) is 0 Å². The highest BCUT2D eigenvalue weighted by Crippen LogP contribution is 2.72. The van der Waals surface area contributed by atoms with Crippen LogP contribution in [-0.2, 0) is 14.3 Å². The van der Waals surface area contributed by atoms with Crippen LogP contribution in [0.5, 0.6) is 0 Å². The van der Waals surface area contributed by atoms with E-state index in [9.17, 15) is 35.9 Å². The number of ether oxygens (including phenoxy) is 1. The molecule has 1 saturated heterocycles. The molecule has 3 aliphatic rings. The maximum Gasteiger partial charge on any atom is 0.403 e. The van der Waals surface area contributed by atoms with Crippen LogP contribution in [0.1, 0.15) is 32.1 Å². The van der Waals surface area contributed by atoms with E-state index in [0.717, 1.165) is 7.11 Å². The number of nitrogens with zero attached hydrogens (tertiary/aromatic N) is 1. The van der Waals surface area contributed by atoms with E-state index < -0.39 is 85.7 Å².